The molecule has 3 fully saturated rings. The second-order valence-corrected chi connectivity index (χ2v) is 9.12. The quantitative estimate of drug-likeness (QED) is 0.771. The van der Waals surface area contributed by atoms with Crippen molar-refractivity contribution in [2.24, 2.45) is 5.14 Å². The van der Waals surface area contributed by atoms with Crippen molar-refractivity contribution in [1.82, 2.24) is 9.80 Å². The average Bonchev–Trinajstić information content (AvgIpc) is 2.57. The zero-order valence-corrected chi connectivity index (χ0v) is 14.5. The van der Waals surface area contributed by atoms with Gasteiger partial charge in [0.15, 0.2) is 0 Å². The van der Waals surface area contributed by atoms with Crippen LogP contribution in [0.4, 0.5) is 4.79 Å². The fourth-order valence-corrected chi connectivity index (χ4v) is 4.89. The summed E-state index contributed by atoms with van der Waals surface area (Å²) in [7, 11) is 0. The number of nitrogens with two attached hydrogens (primary N) is 1. The third-order valence-corrected chi connectivity index (χ3v) is 6.05. The molecule has 0 aliphatic carbocycles. The summed E-state index contributed by atoms with van der Waals surface area (Å²) in [5, 5.41) is 5.74. The maximum atomic E-state index is 12.0. The Morgan fingerprint density at radius 3 is 2.18 bits per heavy atom. The first kappa shape index (κ1) is 16.4. The van der Waals surface area contributed by atoms with Crippen LogP contribution in [0.1, 0.15) is 46.5 Å². The number of piperidine rings is 1. The molecule has 6 nitrogen and oxygen atoms in total. The van der Waals surface area contributed by atoms with Gasteiger partial charge < -0.3 is 14.2 Å². The van der Waals surface area contributed by atoms with E-state index in [1.165, 1.54) is 12.8 Å². The highest BCUT2D eigenvalue weighted by Crippen LogP contribution is 2.40. The van der Waals surface area contributed by atoms with Gasteiger partial charge in [-0.2, -0.15) is 5.14 Å². The molecular weight excluding hydrogens is 302 g/mol. The summed E-state index contributed by atoms with van der Waals surface area (Å²) in [5.74, 6) is 0. The van der Waals surface area contributed by atoms with Crippen LogP contribution < -0.4 is 5.14 Å². The zero-order chi connectivity index (χ0) is 16.1. The molecule has 3 heterocycles. The van der Waals surface area contributed by atoms with Gasteiger partial charge in [0.1, 0.15) is 10.9 Å². The summed E-state index contributed by atoms with van der Waals surface area (Å²) >= 11 is -1.20. The molecule has 3 aliphatic heterocycles. The van der Waals surface area contributed by atoms with E-state index in [0.717, 1.165) is 25.9 Å². The minimum Gasteiger partial charge on any atom is -0.598 e. The van der Waals surface area contributed by atoms with Crippen LogP contribution >= 0.6 is 0 Å². The van der Waals surface area contributed by atoms with Crippen LogP contribution in [0.5, 0.6) is 0 Å². The van der Waals surface area contributed by atoms with E-state index in [1.807, 2.05) is 20.8 Å². The predicted molar refractivity (Wildman–Crippen MR) is 85.6 cm³/mol. The molecule has 0 aromatic carbocycles. The maximum Gasteiger partial charge on any atom is 0.410 e. The molecule has 0 aromatic heterocycles. The van der Waals surface area contributed by atoms with Crippen molar-refractivity contribution < 1.29 is 14.1 Å². The van der Waals surface area contributed by atoms with E-state index >= 15 is 0 Å². The molecule has 2 N–H and O–H groups in total. The number of carbonyl (C=O) groups is 1. The molecule has 0 radical (unpaired) electrons. The van der Waals surface area contributed by atoms with Crippen molar-refractivity contribution in [1.29, 1.82) is 0 Å². The summed E-state index contributed by atoms with van der Waals surface area (Å²) in [6.07, 6.45) is 3.99. The Morgan fingerprint density at radius 1 is 1.18 bits per heavy atom. The Morgan fingerprint density at radius 2 is 1.73 bits per heavy atom. The second-order valence-electron chi connectivity index (χ2n) is 7.79. The van der Waals surface area contributed by atoms with Gasteiger partial charge in [-0.3, -0.25) is 4.90 Å². The van der Waals surface area contributed by atoms with Gasteiger partial charge in [-0.1, -0.05) is 0 Å². The summed E-state index contributed by atoms with van der Waals surface area (Å²) in [4.78, 5) is 16.4. The van der Waals surface area contributed by atoms with Crippen LogP contribution in [-0.2, 0) is 16.1 Å². The normalized spacial score (nSPS) is 34.4. The van der Waals surface area contributed by atoms with E-state index in [4.69, 9.17) is 9.88 Å². The summed E-state index contributed by atoms with van der Waals surface area (Å²) in [6.45, 7) is 7.16. The third kappa shape index (κ3) is 3.22. The Hall–Kier alpha value is -0.500. The van der Waals surface area contributed by atoms with E-state index in [9.17, 15) is 9.35 Å². The summed E-state index contributed by atoms with van der Waals surface area (Å²) in [6, 6.07) is 1.40. The van der Waals surface area contributed by atoms with E-state index in [2.05, 4.69) is 4.90 Å². The number of hydrogen-bond acceptors (Lipinski definition) is 5. The topological polar surface area (TPSA) is 81.9 Å². The van der Waals surface area contributed by atoms with Crippen LogP contribution in [0, 0.1) is 0 Å². The van der Waals surface area contributed by atoms with E-state index < -0.39 is 17.0 Å². The maximum absolute atomic E-state index is 12.0. The van der Waals surface area contributed by atoms with Crippen LogP contribution in [0.15, 0.2) is 0 Å². The van der Waals surface area contributed by atoms with Crippen LogP contribution in [-0.4, -0.2) is 62.5 Å². The van der Waals surface area contributed by atoms with Gasteiger partial charge in [-0.25, -0.2) is 4.79 Å². The zero-order valence-electron chi connectivity index (χ0n) is 13.7. The minimum atomic E-state index is -1.20. The number of hydrogen-bond donors (Lipinski definition) is 1. The van der Waals surface area contributed by atoms with Gasteiger partial charge in [-0.15, -0.1) is 0 Å². The van der Waals surface area contributed by atoms with Crippen LogP contribution in [0.2, 0.25) is 0 Å². The molecule has 4 atom stereocenters. The lowest BCUT2D eigenvalue weighted by atomic mass is 9.96. The highest BCUT2D eigenvalue weighted by Gasteiger charge is 2.50. The number of rotatable bonds is 2. The summed E-state index contributed by atoms with van der Waals surface area (Å²) in [5.41, 5.74) is -0.440. The number of amides is 1. The molecular formula is C15H27N3O3S. The number of nitrogens with zero attached hydrogens (tertiary/aromatic N) is 2. The van der Waals surface area contributed by atoms with E-state index in [-0.39, 0.29) is 11.3 Å². The van der Waals surface area contributed by atoms with Gasteiger partial charge >= 0.3 is 6.09 Å². The predicted octanol–water partition coefficient (Wildman–Crippen LogP) is 1.22. The lowest BCUT2D eigenvalue weighted by molar-refractivity contribution is -0.0340. The van der Waals surface area contributed by atoms with Crippen LogP contribution in [0.25, 0.3) is 0 Å². The van der Waals surface area contributed by atoms with Gasteiger partial charge in [0.25, 0.3) is 0 Å². The summed E-state index contributed by atoms with van der Waals surface area (Å²) < 4.78 is 17.0. The van der Waals surface area contributed by atoms with Gasteiger partial charge in [0.2, 0.25) is 0 Å². The van der Waals surface area contributed by atoms with Crippen molar-refractivity contribution in [3.8, 4) is 0 Å². The number of likely N-dealkylation sites (tertiary alicyclic amines) is 1. The molecule has 22 heavy (non-hydrogen) atoms. The van der Waals surface area contributed by atoms with Crippen molar-refractivity contribution in [2.45, 2.75) is 75.4 Å². The van der Waals surface area contributed by atoms with E-state index in [0.29, 0.717) is 18.1 Å². The Kier molecular flexibility index (Phi) is 4.35. The molecule has 0 aromatic rings. The Labute approximate surface area is 135 Å². The first-order valence-electron chi connectivity index (χ1n) is 8.15. The number of ether oxygens (including phenoxy) is 1. The van der Waals surface area contributed by atoms with Gasteiger partial charge in [-0.05, 0) is 33.6 Å². The largest absolute Gasteiger partial charge is 0.598 e. The Bertz CT molecular complexity index is 420. The first-order valence-corrected chi connectivity index (χ1v) is 9.42. The monoisotopic (exact) mass is 329 g/mol. The smallest absolute Gasteiger partial charge is 0.410 e. The van der Waals surface area contributed by atoms with Gasteiger partial charge in [0.05, 0.1) is 0 Å². The van der Waals surface area contributed by atoms with Crippen molar-refractivity contribution in [3.63, 3.8) is 0 Å². The molecule has 3 saturated heterocycles. The minimum absolute atomic E-state index is 0.149. The highest BCUT2D eigenvalue weighted by molar-refractivity contribution is 7.89. The fourth-order valence-electron chi connectivity index (χ4n) is 4.07. The van der Waals surface area contributed by atoms with Crippen molar-refractivity contribution in [2.75, 3.05) is 13.1 Å². The SMILES string of the molecule is CC(C)(C)OC(=O)N1CC(N2C3CC[C@H]2CC([S+](N)[O-])C3)C1. The molecule has 2 bridgehead atoms. The highest BCUT2D eigenvalue weighted by atomic mass is 32.2. The lowest BCUT2D eigenvalue weighted by Crippen LogP contribution is -2.65. The molecule has 7 heteroatoms. The average molecular weight is 329 g/mol. The third-order valence-electron chi connectivity index (χ3n) is 5.01. The number of carbonyl (C=O) groups excluding carboxylic acids is 1. The fraction of sp³-hybridized carbons (Fsp3) is 0.933. The van der Waals surface area contributed by atoms with Gasteiger partial charge in [0, 0.05) is 55.4 Å². The van der Waals surface area contributed by atoms with E-state index in [1.54, 1.807) is 4.90 Å². The molecule has 1 amide bonds. The number of fused-ring (bicyclic) bond motifs is 2. The molecule has 0 saturated carbocycles. The van der Waals surface area contributed by atoms with Crippen molar-refractivity contribution in [3.05, 3.63) is 0 Å². The molecule has 126 valence electrons. The first-order chi connectivity index (χ1) is 10.2. The lowest BCUT2D eigenvalue weighted by Gasteiger charge is -2.50. The molecule has 0 spiro atoms. The Balaban J connectivity index is 1.53. The van der Waals surface area contributed by atoms with Crippen molar-refractivity contribution >= 4 is 17.5 Å². The molecule has 3 rings (SSSR count). The van der Waals surface area contributed by atoms with Crippen LogP contribution in [0.3, 0.4) is 0 Å². The molecule has 3 unspecified atom stereocenters. The second kappa shape index (κ2) is 5.85. The standard InChI is InChI=1S/C15H27N3O3S/c1-15(2,3)21-14(19)17-8-12(9-17)18-10-4-5-11(18)7-13(6-10)22(16)20/h10-13H,4-9,16H2,1-3H3/t10-,11?,13?,22?/m0/s1. The molecule has 3 aliphatic rings.